The van der Waals surface area contributed by atoms with E-state index in [0.717, 1.165) is 0 Å². The van der Waals surface area contributed by atoms with E-state index in [9.17, 15) is 9.59 Å². The summed E-state index contributed by atoms with van der Waals surface area (Å²) in [6, 6.07) is 0. The Balaban J connectivity index is 2.10. The molecule has 3 fully saturated rings. The molecule has 0 aromatic heterocycles. The van der Waals surface area contributed by atoms with Gasteiger partial charge in [0.2, 0.25) is 0 Å². The van der Waals surface area contributed by atoms with E-state index in [4.69, 9.17) is 6.54 Å². The molecule has 0 spiro atoms. The molecule has 72 valence electrons. The van der Waals surface area contributed by atoms with Gasteiger partial charge in [0.15, 0.2) is 0 Å². The molecule has 0 aromatic carbocycles. The summed E-state index contributed by atoms with van der Waals surface area (Å²) < 4.78 is 6.55. The molecule has 2 N–H and O–H groups in total. The molecular weight excluding hydrogens is 174 g/mol. The Morgan fingerprint density at radius 2 is 2.23 bits per heavy atom. The van der Waals surface area contributed by atoms with Crippen LogP contribution < -0.4 is 0 Å². The van der Waals surface area contributed by atoms with E-state index in [0.29, 0.717) is 19.4 Å². The first kappa shape index (κ1) is 7.17. The van der Waals surface area contributed by atoms with Crippen LogP contribution in [0.2, 0.25) is 0 Å². The molecule has 3 aliphatic rings. The van der Waals surface area contributed by atoms with Crippen molar-refractivity contribution in [1.82, 2.24) is 4.90 Å². The van der Waals surface area contributed by atoms with Crippen molar-refractivity contribution in [3.8, 4) is 0 Å². The summed E-state index contributed by atoms with van der Waals surface area (Å²) in [6.45, 7) is 0.679. The maximum Gasteiger partial charge on any atom is 0.407 e. The topological polar surface area (TPSA) is 77.8 Å². The minimum atomic E-state index is -1.00. The molecular formula is C8H11NO4. The fourth-order valence-corrected chi connectivity index (χ4v) is 2.42. The van der Waals surface area contributed by atoms with Crippen molar-refractivity contribution >= 4 is 12.1 Å². The van der Waals surface area contributed by atoms with Gasteiger partial charge in [-0.3, -0.25) is 4.79 Å². The molecule has 0 unspecified atom stereocenters. The zero-order chi connectivity index (χ0) is 10.3. The molecule has 1 saturated carbocycles. The molecule has 0 aromatic rings. The van der Waals surface area contributed by atoms with Crippen LogP contribution in [-0.4, -0.2) is 40.3 Å². The number of hydrogen-bond acceptors (Lipinski definition) is 3. The van der Waals surface area contributed by atoms with Gasteiger partial charge in [0.05, 0.1) is 5.41 Å². The van der Waals surface area contributed by atoms with Crippen molar-refractivity contribution < 1.29 is 19.8 Å². The van der Waals surface area contributed by atoms with E-state index in [1.165, 1.54) is 4.90 Å². The van der Waals surface area contributed by atoms with Crippen LogP contribution in [0.25, 0.3) is 1.43 Å². The predicted octanol–water partition coefficient (Wildman–Crippen LogP) is 0.461. The van der Waals surface area contributed by atoms with Gasteiger partial charge in [0, 0.05) is 13.1 Å². The van der Waals surface area contributed by atoms with Crippen LogP contribution in [0.5, 0.6) is 0 Å². The van der Waals surface area contributed by atoms with Gasteiger partial charge < -0.3 is 15.1 Å². The minimum absolute atomic E-state index is 0.177. The van der Waals surface area contributed by atoms with Crippen LogP contribution in [-0.2, 0) is 4.79 Å². The zero-order valence-electron chi connectivity index (χ0n) is 8.02. The zero-order valence-corrected chi connectivity index (χ0v) is 7.02. The van der Waals surface area contributed by atoms with Gasteiger partial charge in [0.1, 0.15) is 0 Å². The summed E-state index contributed by atoms with van der Waals surface area (Å²) in [5, 5.41) is 12.7. The number of hydrogen-bond donors (Lipinski definition) is 2. The highest BCUT2D eigenvalue weighted by atomic mass is 16.4. The fourth-order valence-electron chi connectivity index (χ4n) is 2.42. The SMILES string of the molecule is [2H]OC(=O)C12CC(CN(C(=O)O)C1)C2. The highest BCUT2D eigenvalue weighted by Crippen LogP contribution is 2.50. The molecule has 3 rings (SSSR count). The van der Waals surface area contributed by atoms with E-state index in [-0.39, 0.29) is 12.5 Å². The molecule has 0 radical (unpaired) electrons. The van der Waals surface area contributed by atoms with Crippen molar-refractivity contribution in [3.63, 3.8) is 0 Å². The molecule has 13 heavy (non-hydrogen) atoms. The highest BCUT2D eigenvalue weighted by Gasteiger charge is 2.56. The summed E-state index contributed by atoms with van der Waals surface area (Å²) in [5.74, 6) is -0.335. The van der Waals surface area contributed by atoms with Crippen molar-refractivity contribution in [2.45, 2.75) is 12.8 Å². The standard InChI is InChI=1S/C8H11NO4/c10-6(11)8-1-5(2-8)3-9(4-8)7(12)13/h5H,1-4H2,(H,10,11)(H,12,13)/i/hD. The number of amides is 1. The normalized spacial score (nSPS) is 37.4. The van der Waals surface area contributed by atoms with Gasteiger partial charge in [-0.05, 0) is 18.8 Å². The molecule has 1 amide bonds. The lowest BCUT2D eigenvalue weighted by molar-refractivity contribution is -0.166. The molecule has 5 nitrogen and oxygen atoms in total. The Morgan fingerprint density at radius 3 is 2.77 bits per heavy atom. The van der Waals surface area contributed by atoms with Gasteiger partial charge in [0.25, 0.3) is 1.43 Å². The van der Waals surface area contributed by atoms with Crippen LogP contribution in [0.15, 0.2) is 0 Å². The lowest BCUT2D eigenvalue weighted by atomic mass is 9.59. The van der Waals surface area contributed by atoms with Gasteiger partial charge in [-0.25, -0.2) is 4.79 Å². The number of carboxylic acids is 1. The van der Waals surface area contributed by atoms with Crippen LogP contribution in [0.4, 0.5) is 4.79 Å². The summed E-state index contributed by atoms with van der Waals surface area (Å²) in [5.41, 5.74) is -0.719. The Kier molecular flexibility index (Phi) is 1.31. The lowest BCUT2D eigenvalue weighted by Gasteiger charge is -2.52. The molecule has 1 aliphatic carbocycles. The van der Waals surface area contributed by atoms with Crippen molar-refractivity contribution in [3.05, 3.63) is 0 Å². The van der Waals surface area contributed by atoms with Gasteiger partial charge in [-0.2, -0.15) is 0 Å². The Morgan fingerprint density at radius 1 is 1.54 bits per heavy atom. The second-order valence-electron chi connectivity index (χ2n) is 4.01. The first-order chi connectivity index (χ1) is 6.57. The summed E-state index contributed by atoms with van der Waals surface area (Å²) in [7, 11) is 0. The third-order valence-electron chi connectivity index (χ3n) is 3.03. The van der Waals surface area contributed by atoms with E-state index < -0.39 is 17.5 Å². The maximum absolute atomic E-state index is 11.3. The molecule has 2 heterocycles. The number of nitrogens with zero attached hydrogens (tertiary/aromatic N) is 1. The summed E-state index contributed by atoms with van der Waals surface area (Å²) >= 11 is 0. The first-order valence-electron chi connectivity index (χ1n) is 4.64. The smallest absolute Gasteiger partial charge is 0.407 e. The third kappa shape index (κ3) is 1.07. The number of carbonyl (C=O) groups is 2. The van der Waals surface area contributed by atoms with E-state index in [2.05, 4.69) is 5.11 Å². The fraction of sp³-hybridized carbons (Fsp3) is 0.750. The largest absolute Gasteiger partial charge is 0.481 e. The number of carboxylic acid groups (broad SMARTS) is 2. The third-order valence-corrected chi connectivity index (χ3v) is 3.03. The quantitative estimate of drug-likeness (QED) is 0.623. The Hall–Kier alpha value is -1.26. The monoisotopic (exact) mass is 186 g/mol. The number of aliphatic carboxylic acids is 1. The molecule has 2 aliphatic heterocycles. The highest BCUT2D eigenvalue weighted by molar-refractivity contribution is 5.78. The van der Waals surface area contributed by atoms with Crippen molar-refractivity contribution in [1.29, 1.82) is 1.43 Å². The van der Waals surface area contributed by atoms with Gasteiger partial charge >= 0.3 is 12.1 Å². The van der Waals surface area contributed by atoms with Crippen LogP contribution in [0, 0.1) is 11.3 Å². The second-order valence-corrected chi connectivity index (χ2v) is 4.01. The number of rotatable bonds is 1. The Labute approximate surface area is 76.4 Å². The lowest BCUT2D eigenvalue weighted by Crippen LogP contribution is -2.60. The number of fused-ring (bicyclic) bond motifs is 2. The molecule has 5 heteroatoms. The average Bonchev–Trinajstić information content (AvgIpc) is 2.15. The number of piperidine rings is 2. The van der Waals surface area contributed by atoms with Crippen LogP contribution in [0.3, 0.4) is 0 Å². The maximum atomic E-state index is 11.3. The average molecular weight is 186 g/mol. The van der Waals surface area contributed by atoms with Crippen LogP contribution in [0.1, 0.15) is 12.8 Å². The van der Waals surface area contributed by atoms with Crippen LogP contribution >= 0.6 is 0 Å². The van der Waals surface area contributed by atoms with Crippen molar-refractivity contribution in [2.75, 3.05) is 13.1 Å². The minimum Gasteiger partial charge on any atom is -0.481 e. The van der Waals surface area contributed by atoms with E-state index in [1.54, 1.807) is 0 Å². The summed E-state index contributed by atoms with van der Waals surface area (Å²) in [4.78, 5) is 23.2. The first-order valence-corrected chi connectivity index (χ1v) is 4.23. The molecule has 2 saturated heterocycles. The van der Waals surface area contributed by atoms with Gasteiger partial charge in [-0.15, -0.1) is 0 Å². The molecule has 2 bridgehead atoms. The predicted molar refractivity (Wildman–Crippen MR) is 42.4 cm³/mol. The van der Waals surface area contributed by atoms with Gasteiger partial charge in [-0.1, -0.05) is 0 Å². The molecule has 0 atom stereocenters. The van der Waals surface area contributed by atoms with Crippen molar-refractivity contribution in [2.24, 2.45) is 11.3 Å². The van der Waals surface area contributed by atoms with E-state index >= 15 is 0 Å². The second kappa shape index (κ2) is 2.37. The Bertz CT molecular complexity index is 287. The van der Waals surface area contributed by atoms with E-state index in [1.807, 2.05) is 0 Å². The summed E-state index contributed by atoms with van der Waals surface area (Å²) in [6.07, 6.45) is 0.319.